The highest BCUT2D eigenvalue weighted by molar-refractivity contribution is 7.13. The summed E-state index contributed by atoms with van der Waals surface area (Å²) in [5.41, 5.74) is 3.33. The highest BCUT2D eigenvalue weighted by atomic mass is 32.1. The van der Waals surface area contributed by atoms with E-state index in [0.29, 0.717) is 5.69 Å². The molecule has 1 fully saturated rings. The van der Waals surface area contributed by atoms with Gasteiger partial charge in [0.2, 0.25) is 0 Å². The van der Waals surface area contributed by atoms with Gasteiger partial charge in [-0.3, -0.25) is 4.79 Å². The molecule has 0 spiro atoms. The molecule has 0 saturated carbocycles. The quantitative estimate of drug-likeness (QED) is 0.704. The first kappa shape index (κ1) is 17.7. The van der Waals surface area contributed by atoms with E-state index in [2.05, 4.69) is 27.1 Å². The van der Waals surface area contributed by atoms with Crippen LogP contribution in [0.15, 0.2) is 48.0 Å². The second kappa shape index (κ2) is 7.88. The summed E-state index contributed by atoms with van der Waals surface area (Å²) < 4.78 is 0. The Hall–Kier alpha value is -2.73. The maximum absolute atomic E-state index is 12.6. The zero-order valence-corrected chi connectivity index (χ0v) is 16.1. The Morgan fingerprint density at radius 1 is 1.19 bits per heavy atom. The summed E-state index contributed by atoms with van der Waals surface area (Å²) in [6.45, 7) is 4.23. The maximum Gasteiger partial charge on any atom is 0.275 e. The third kappa shape index (κ3) is 3.85. The number of hydrogen-bond acceptors (Lipinski definition) is 5. The highest BCUT2D eigenvalue weighted by Crippen LogP contribution is 2.26. The maximum atomic E-state index is 12.6. The number of amides is 1. The molecule has 2 aromatic heterocycles. The van der Waals surface area contributed by atoms with Crippen LogP contribution in [0, 0.1) is 0 Å². The molecule has 3 aromatic rings. The van der Waals surface area contributed by atoms with Crippen LogP contribution in [0.4, 0.5) is 11.5 Å². The van der Waals surface area contributed by atoms with E-state index in [1.807, 2.05) is 42.6 Å². The summed E-state index contributed by atoms with van der Waals surface area (Å²) in [5, 5.41) is 5.58. The Morgan fingerprint density at radius 3 is 2.74 bits per heavy atom. The van der Waals surface area contributed by atoms with Crippen molar-refractivity contribution >= 4 is 28.7 Å². The first-order chi connectivity index (χ1) is 13.2. The average Bonchev–Trinajstić information content (AvgIpc) is 3.41. The van der Waals surface area contributed by atoms with Gasteiger partial charge in [0.1, 0.15) is 16.5 Å². The van der Waals surface area contributed by atoms with E-state index in [1.165, 1.54) is 24.2 Å². The molecule has 0 atom stereocenters. The summed E-state index contributed by atoms with van der Waals surface area (Å²) in [7, 11) is 0. The Kier molecular flexibility index (Phi) is 5.16. The number of aromatic nitrogens is 2. The summed E-state index contributed by atoms with van der Waals surface area (Å²) in [6, 6.07) is 11.9. The molecule has 1 aliphatic heterocycles. The molecule has 1 amide bonds. The fraction of sp³-hybridized carbons (Fsp3) is 0.286. The molecular formula is C21H22N4OS. The van der Waals surface area contributed by atoms with Gasteiger partial charge in [-0.1, -0.05) is 25.1 Å². The van der Waals surface area contributed by atoms with Crippen molar-refractivity contribution in [2.75, 3.05) is 23.3 Å². The molecule has 1 saturated heterocycles. The van der Waals surface area contributed by atoms with Crippen molar-refractivity contribution in [2.45, 2.75) is 26.2 Å². The van der Waals surface area contributed by atoms with E-state index in [1.54, 1.807) is 5.38 Å². The number of nitrogens with zero attached hydrogens (tertiary/aromatic N) is 3. The van der Waals surface area contributed by atoms with Gasteiger partial charge in [-0.25, -0.2) is 9.97 Å². The van der Waals surface area contributed by atoms with Crippen LogP contribution >= 0.6 is 11.3 Å². The summed E-state index contributed by atoms with van der Waals surface area (Å²) in [5.74, 6) is 0.835. The molecular weight excluding hydrogens is 356 g/mol. The highest BCUT2D eigenvalue weighted by Gasteiger charge is 2.16. The standard InChI is InChI=1S/C21H22N4OS/c1-2-15-7-3-4-8-17(15)23-20(26)18-14-27-21(24-18)16-9-10-19(22-13-16)25-11-5-6-12-25/h3-4,7-10,13-14H,2,5-6,11-12H2,1H3,(H,23,26). The molecule has 138 valence electrons. The number of rotatable bonds is 5. The van der Waals surface area contributed by atoms with Gasteiger partial charge in [0.25, 0.3) is 5.91 Å². The predicted molar refractivity (Wildman–Crippen MR) is 111 cm³/mol. The summed E-state index contributed by atoms with van der Waals surface area (Å²) in [4.78, 5) is 24.0. The largest absolute Gasteiger partial charge is 0.357 e. The number of nitrogens with one attached hydrogen (secondary N) is 1. The number of carbonyl (C=O) groups excluding carboxylic acids is 1. The molecule has 6 heteroatoms. The van der Waals surface area contributed by atoms with Gasteiger partial charge in [0.15, 0.2) is 0 Å². The van der Waals surface area contributed by atoms with Crippen LogP contribution in [0.3, 0.4) is 0 Å². The number of thiazole rings is 1. The van der Waals surface area contributed by atoms with Gasteiger partial charge in [0, 0.05) is 35.9 Å². The number of benzene rings is 1. The normalized spacial score (nSPS) is 13.7. The lowest BCUT2D eigenvalue weighted by Crippen LogP contribution is -2.18. The van der Waals surface area contributed by atoms with E-state index < -0.39 is 0 Å². The minimum absolute atomic E-state index is 0.181. The Bertz CT molecular complexity index is 929. The Morgan fingerprint density at radius 2 is 2.00 bits per heavy atom. The topological polar surface area (TPSA) is 58.1 Å². The number of carbonyl (C=O) groups is 1. The third-order valence-corrected chi connectivity index (χ3v) is 5.70. The van der Waals surface area contributed by atoms with Crippen molar-refractivity contribution in [1.29, 1.82) is 0 Å². The van der Waals surface area contributed by atoms with E-state index in [-0.39, 0.29) is 5.91 Å². The molecule has 0 radical (unpaired) electrons. The first-order valence-corrected chi connectivity index (χ1v) is 10.2. The molecule has 4 rings (SSSR count). The molecule has 0 aliphatic carbocycles. The fourth-order valence-corrected chi connectivity index (χ4v) is 4.08. The van der Waals surface area contributed by atoms with Crippen LogP contribution in [0.2, 0.25) is 0 Å². The van der Waals surface area contributed by atoms with Crippen LogP contribution in [0.25, 0.3) is 10.6 Å². The van der Waals surface area contributed by atoms with Crippen molar-refractivity contribution in [2.24, 2.45) is 0 Å². The second-order valence-electron chi connectivity index (χ2n) is 6.60. The van der Waals surface area contributed by atoms with Crippen molar-refractivity contribution < 1.29 is 4.79 Å². The number of anilines is 2. The van der Waals surface area contributed by atoms with Crippen LogP contribution in [0.5, 0.6) is 0 Å². The Balaban J connectivity index is 1.48. The van der Waals surface area contributed by atoms with Gasteiger partial charge in [0.05, 0.1) is 0 Å². The molecule has 27 heavy (non-hydrogen) atoms. The minimum Gasteiger partial charge on any atom is -0.357 e. The SMILES string of the molecule is CCc1ccccc1NC(=O)c1csc(-c2ccc(N3CCCC3)nc2)n1. The van der Waals surface area contributed by atoms with Crippen LogP contribution in [-0.2, 0) is 6.42 Å². The molecule has 0 unspecified atom stereocenters. The summed E-state index contributed by atoms with van der Waals surface area (Å²) in [6.07, 6.45) is 5.18. The molecule has 1 aliphatic rings. The van der Waals surface area contributed by atoms with E-state index in [0.717, 1.165) is 47.2 Å². The van der Waals surface area contributed by atoms with Crippen LogP contribution in [-0.4, -0.2) is 29.0 Å². The van der Waals surface area contributed by atoms with Gasteiger partial charge < -0.3 is 10.2 Å². The van der Waals surface area contributed by atoms with Crippen molar-refractivity contribution in [1.82, 2.24) is 9.97 Å². The zero-order valence-electron chi connectivity index (χ0n) is 15.3. The lowest BCUT2D eigenvalue weighted by molar-refractivity contribution is 0.102. The van der Waals surface area contributed by atoms with Gasteiger partial charge >= 0.3 is 0 Å². The molecule has 1 aromatic carbocycles. The lowest BCUT2D eigenvalue weighted by Gasteiger charge is -2.15. The second-order valence-corrected chi connectivity index (χ2v) is 7.46. The van der Waals surface area contributed by atoms with Crippen molar-refractivity contribution in [3.8, 4) is 10.6 Å². The van der Waals surface area contributed by atoms with Gasteiger partial charge in [-0.05, 0) is 43.0 Å². The first-order valence-electron chi connectivity index (χ1n) is 9.31. The fourth-order valence-electron chi connectivity index (χ4n) is 3.29. The van der Waals surface area contributed by atoms with E-state index in [4.69, 9.17) is 0 Å². The number of pyridine rings is 1. The van der Waals surface area contributed by atoms with Crippen molar-refractivity contribution in [3.63, 3.8) is 0 Å². The zero-order chi connectivity index (χ0) is 18.6. The predicted octanol–water partition coefficient (Wildman–Crippen LogP) is 4.62. The van der Waals surface area contributed by atoms with E-state index in [9.17, 15) is 4.79 Å². The average molecular weight is 379 g/mol. The molecule has 1 N–H and O–H groups in total. The van der Waals surface area contributed by atoms with Crippen LogP contribution < -0.4 is 10.2 Å². The molecule has 0 bridgehead atoms. The molecule has 3 heterocycles. The van der Waals surface area contributed by atoms with Crippen molar-refractivity contribution in [3.05, 3.63) is 59.2 Å². The van der Waals surface area contributed by atoms with Gasteiger partial charge in [-0.15, -0.1) is 11.3 Å². The van der Waals surface area contributed by atoms with Gasteiger partial charge in [-0.2, -0.15) is 0 Å². The summed E-state index contributed by atoms with van der Waals surface area (Å²) >= 11 is 1.46. The third-order valence-electron chi connectivity index (χ3n) is 4.81. The number of para-hydroxylation sites is 1. The minimum atomic E-state index is -0.181. The van der Waals surface area contributed by atoms with E-state index >= 15 is 0 Å². The smallest absolute Gasteiger partial charge is 0.275 e. The van der Waals surface area contributed by atoms with Crippen LogP contribution in [0.1, 0.15) is 35.8 Å². The number of hydrogen-bond donors (Lipinski definition) is 1. The Labute approximate surface area is 163 Å². The molecule has 5 nitrogen and oxygen atoms in total. The number of aryl methyl sites for hydroxylation is 1. The lowest BCUT2D eigenvalue weighted by atomic mass is 10.1. The monoisotopic (exact) mass is 378 g/mol.